The van der Waals surface area contributed by atoms with Crippen LogP contribution < -0.4 is 4.74 Å². The molecule has 2 aromatic carbocycles. The van der Waals surface area contributed by atoms with E-state index in [1.165, 1.54) is 30.0 Å². The Morgan fingerprint density at radius 2 is 2.05 bits per heavy atom. The lowest BCUT2D eigenvalue weighted by atomic mass is 10.2. The molecule has 0 radical (unpaired) electrons. The number of nitro groups is 1. The molecule has 0 aliphatic heterocycles. The summed E-state index contributed by atoms with van der Waals surface area (Å²) in [5, 5.41) is 19.9. The second kappa shape index (κ2) is 6.08. The average Bonchev–Trinajstić information content (AvgIpc) is 2.47. The van der Waals surface area contributed by atoms with Gasteiger partial charge in [-0.3, -0.25) is 10.1 Å². The van der Waals surface area contributed by atoms with Crippen LogP contribution in [0.3, 0.4) is 0 Å². The first-order valence-corrected chi connectivity index (χ1v) is 6.87. The second-order valence-electron chi connectivity index (χ2n) is 3.80. The SMILES string of the molecule is CSc1cccc(Oc2cccc([N+](=O)[O-])c2)c1C#N. The lowest BCUT2D eigenvalue weighted by Gasteiger charge is -2.09. The van der Waals surface area contributed by atoms with Crippen LogP contribution in [-0.2, 0) is 0 Å². The lowest BCUT2D eigenvalue weighted by Crippen LogP contribution is -1.92. The zero-order valence-corrected chi connectivity index (χ0v) is 11.4. The van der Waals surface area contributed by atoms with Gasteiger partial charge in [-0.2, -0.15) is 5.26 Å². The minimum atomic E-state index is -0.490. The Morgan fingerprint density at radius 3 is 2.70 bits per heavy atom. The molecule has 0 amide bonds. The fourth-order valence-electron chi connectivity index (χ4n) is 1.66. The molecular weight excluding hydrogens is 276 g/mol. The molecule has 0 atom stereocenters. The third kappa shape index (κ3) is 2.90. The van der Waals surface area contributed by atoms with Crippen LogP contribution >= 0.6 is 11.8 Å². The van der Waals surface area contributed by atoms with Gasteiger partial charge in [0, 0.05) is 11.0 Å². The van der Waals surface area contributed by atoms with Crippen molar-refractivity contribution >= 4 is 17.4 Å². The third-order valence-electron chi connectivity index (χ3n) is 2.58. The van der Waals surface area contributed by atoms with Crippen molar-refractivity contribution in [1.29, 1.82) is 5.26 Å². The van der Waals surface area contributed by atoms with E-state index in [4.69, 9.17) is 4.74 Å². The molecule has 0 aromatic heterocycles. The first-order valence-electron chi connectivity index (χ1n) is 5.65. The maximum Gasteiger partial charge on any atom is 0.273 e. The molecule has 100 valence electrons. The van der Waals surface area contributed by atoms with Gasteiger partial charge in [-0.25, -0.2) is 0 Å². The Labute approximate surface area is 120 Å². The summed E-state index contributed by atoms with van der Waals surface area (Å²) in [6, 6.07) is 13.2. The topological polar surface area (TPSA) is 76.2 Å². The molecule has 20 heavy (non-hydrogen) atoms. The van der Waals surface area contributed by atoms with Crippen LogP contribution in [0, 0.1) is 21.4 Å². The standard InChI is InChI=1S/C14H10N2O3S/c1-20-14-7-3-6-13(12(14)9-15)19-11-5-2-4-10(8-11)16(17)18/h2-8H,1H3. The van der Waals surface area contributed by atoms with Gasteiger partial charge in [-0.15, -0.1) is 11.8 Å². The van der Waals surface area contributed by atoms with Crippen molar-refractivity contribution in [3.8, 4) is 17.6 Å². The van der Waals surface area contributed by atoms with Crippen LogP contribution in [0.4, 0.5) is 5.69 Å². The largest absolute Gasteiger partial charge is 0.456 e. The molecule has 0 unspecified atom stereocenters. The van der Waals surface area contributed by atoms with Crippen LogP contribution in [0.5, 0.6) is 11.5 Å². The maximum absolute atomic E-state index is 10.7. The Hall–Kier alpha value is -2.52. The van der Waals surface area contributed by atoms with Crippen molar-refractivity contribution in [1.82, 2.24) is 0 Å². The van der Waals surface area contributed by atoms with E-state index in [1.807, 2.05) is 12.3 Å². The highest BCUT2D eigenvalue weighted by Crippen LogP contribution is 2.32. The van der Waals surface area contributed by atoms with Crippen molar-refractivity contribution in [2.75, 3.05) is 6.26 Å². The number of nitrogens with zero attached hydrogens (tertiary/aromatic N) is 2. The number of thioether (sulfide) groups is 1. The number of hydrogen-bond donors (Lipinski definition) is 0. The molecule has 0 aliphatic rings. The molecule has 0 aliphatic carbocycles. The highest BCUT2D eigenvalue weighted by Gasteiger charge is 2.11. The summed E-state index contributed by atoms with van der Waals surface area (Å²) < 4.78 is 5.59. The monoisotopic (exact) mass is 286 g/mol. The summed E-state index contributed by atoms with van der Waals surface area (Å²) in [7, 11) is 0. The van der Waals surface area contributed by atoms with E-state index in [2.05, 4.69) is 6.07 Å². The van der Waals surface area contributed by atoms with E-state index >= 15 is 0 Å². The van der Waals surface area contributed by atoms with Gasteiger partial charge in [-0.1, -0.05) is 12.1 Å². The predicted molar refractivity (Wildman–Crippen MR) is 76.1 cm³/mol. The van der Waals surface area contributed by atoms with E-state index in [-0.39, 0.29) is 5.69 Å². The van der Waals surface area contributed by atoms with Crippen LogP contribution in [0.15, 0.2) is 47.4 Å². The van der Waals surface area contributed by atoms with Gasteiger partial charge < -0.3 is 4.74 Å². The van der Waals surface area contributed by atoms with Gasteiger partial charge >= 0.3 is 0 Å². The van der Waals surface area contributed by atoms with E-state index < -0.39 is 4.92 Å². The Kier molecular flexibility index (Phi) is 4.23. The van der Waals surface area contributed by atoms with Crippen molar-refractivity contribution < 1.29 is 9.66 Å². The number of rotatable bonds is 4. The first-order chi connectivity index (χ1) is 9.65. The van der Waals surface area contributed by atoms with Crippen LogP contribution in [0.25, 0.3) is 0 Å². The zero-order chi connectivity index (χ0) is 14.5. The molecule has 0 spiro atoms. The summed E-state index contributed by atoms with van der Waals surface area (Å²) in [4.78, 5) is 11.0. The quantitative estimate of drug-likeness (QED) is 0.482. The highest BCUT2D eigenvalue weighted by molar-refractivity contribution is 7.98. The molecular formula is C14H10N2O3S. The number of benzene rings is 2. The second-order valence-corrected chi connectivity index (χ2v) is 4.65. The first kappa shape index (κ1) is 13.9. The molecule has 0 saturated carbocycles. The number of hydrogen-bond acceptors (Lipinski definition) is 5. The summed E-state index contributed by atoms with van der Waals surface area (Å²) in [6.07, 6.45) is 1.87. The molecule has 5 nitrogen and oxygen atoms in total. The Bertz CT molecular complexity index is 695. The fourth-order valence-corrected chi connectivity index (χ4v) is 2.23. The molecule has 2 aromatic rings. The minimum Gasteiger partial charge on any atom is -0.456 e. The smallest absolute Gasteiger partial charge is 0.273 e. The third-order valence-corrected chi connectivity index (χ3v) is 3.36. The van der Waals surface area contributed by atoms with Crippen molar-refractivity contribution in [3.05, 3.63) is 58.1 Å². The molecule has 0 fully saturated rings. The number of nitro benzene ring substituents is 1. The molecule has 0 saturated heterocycles. The van der Waals surface area contributed by atoms with Gasteiger partial charge in [0.25, 0.3) is 5.69 Å². The average molecular weight is 286 g/mol. The van der Waals surface area contributed by atoms with Crippen LogP contribution in [0.1, 0.15) is 5.56 Å². The van der Waals surface area contributed by atoms with Gasteiger partial charge in [0.15, 0.2) is 0 Å². The highest BCUT2D eigenvalue weighted by atomic mass is 32.2. The van der Waals surface area contributed by atoms with Crippen LogP contribution in [-0.4, -0.2) is 11.2 Å². The van der Waals surface area contributed by atoms with Gasteiger partial charge in [0.05, 0.1) is 11.0 Å². The zero-order valence-electron chi connectivity index (χ0n) is 10.6. The van der Waals surface area contributed by atoms with E-state index in [1.54, 1.807) is 18.2 Å². The van der Waals surface area contributed by atoms with Crippen LogP contribution in [0.2, 0.25) is 0 Å². The van der Waals surface area contributed by atoms with Gasteiger partial charge in [0.1, 0.15) is 23.1 Å². The van der Waals surface area contributed by atoms with Gasteiger partial charge in [-0.05, 0) is 24.5 Å². The summed E-state index contributed by atoms with van der Waals surface area (Å²) >= 11 is 1.44. The maximum atomic E-state index is 10.7. The minimum absolute atomic E-state index is 0.0537. The van der Waals surface area contributed by atoms with Crippen molar-refractivity contribution in [2.24, 2.45) is 0 Å². The van der Waals surface area contributed by atoms with Crippen molar-refractivity contribution in [2.45, 2.75) is 4.90 Å². The van der Waals surface area contributed by atoms with E-state index in [0.717, 1.165) is 4.90 Å². The Morgan fingerprint density at radius 1 is 1.30 bits per heavy atom. The van der Waals surface area contributed by atoms with Gasteiger partial charge in [0.2, 0.25) is 0 Å². The number of ether oxygens (including phenoxy) is 1. The lowest BCUT2D eigenvalue weighted by molar-refractivity contribution is -0.384. The van der Waals surface area contributed by atoms with Crippen molar-refractivity contribution in [3.63, 3.8) is 0 Å². The van der Waals surface area contributed by atoms with E-state index in [9.17, 15) is 15.4 Å². The predicted octanol–water partition coefficient (Wildman–Crippen LogP) is 3.98. The molecule has 2 rings (SSSR count). The van der Waals surface area contributed by atoms with E-state index in [0.29, 0.717) is 17.1 Å². The molecule has 0 heterocycles. The molecule has 6 heteroatoms. The molecule has 0 bridgehead atoms. The normalized spacial score (nSPS) is 9.80. The molecule has 0 N–H and O–H groups in total. The number of non-ortho nitro benzene ring substituents is 1. The number of nitriles is 1. The summed E-state index contributed by atoms with van der Waals surface area (Å²) in [5.41, 5.74) is 0.369. The summed E-state index contributed by atoms with van der Waals surface area (Å²) in [6.45, 7) is 0. The fraction of sp³-hybridized carbons (Fsp3) is 0.0714. The Balaban J connectivity index is 2.38. The summed E-state index contributed by atoms with van der Waals surface area (Å²) in [5.74, 6) is 0.716.